The molecule has 2 atom stereocenters. The largest absolute Gasteiger partial charge is 0.389 e. The second-order valence-corrected chi connectivity index (χ2v) is 4.88. The van der Waals surface area contributed by atoms with E-state index in [9.17, 15) is 5.11 Å². The molecule has 1 nitrogen and oxygen atoms in total. The molecule has 1 saturated carbocycles. The minimum Gasteiger partial charge on any atom is -0.389 e. The molecule has 1 heteroatoms. The molecular weight excluding hydrogens is 184 g/mol. The van der Waals surface area contributed by atoms with Crippen molar-refractivity contribution < 1.29 is 5.11 Å². The highest BCUT2D eigenvalue weighted by Crippen LogP contribution is 2.51. The van der Waals surface area contributed by atoms with Crippen LogP contribution in [-0.2, 0) is 0 Å². The monoisotopic (exact) mass is 204 g/mol. The summed E-state index contributed by atoms with van der Waals surface area (Å²) in [7, 11) is 0. The van der Waals surface area contributed by atoms with Crippen LogP contribution in [0.2, 0.25) is 0 Å². The van der Waals surface area contributed by atoms with Crippen LogP contribution in [-0.4, -0.2) is 10.7 Å². The fraction of sp³-hybridized carbons (Fsp3) is 0.571. The summed E-state index contributed by atoms with van der Waals surface area (Å²) in [5.74, 6) is 0.878. The van der Waals surface area contributed by atoms with E-state index in [1.165, 1.54) is 5.56 Å². The Bertz CT molecular complexity index is 313. The van der Waals surface area contributed by atoms with Crippen molar-refractivity contribution >= 4 is 0 Å². The third kappa shape index (κ3) is 2.07. The Labute approximate surface area is 92.1 Å². The smallest absolute Gasteiger partial charge is 0.0720 e. The van der Waals surface area contributed by atoms with E-state index in [-0.39, 0.29) is 0 Å². The average molecular weight is 204 g/mol. The highest BCUT2D eigenvalue weighted by atomic mass is 16.3. The lowest BCUT2D eigenvalue weighted by atomic mass is 9.80. The maximum absolute atomic E-state index is 10.3. The number of hydrogen-bond donors (Lipinski definition) is 1. The fourth-order valence-electron chi connectivity index (χ4n) is 2.50. The molecule has 0 radical (unpaired) electrons. The first kappa shape index (κ1) is 10.7. The number of benzene rings is 1. The van der Waals surface area contributed by atoms with Gasteiger partial charge >= 0.3 is 0 Å². The standard InChI is InChI=1S/C14H20O/c1-3-11(2)13(14(15)9-10-14)12-7-5-4-6-8-12/h4-8,11,13,15H,3,9-10H2,1-2H3. The van der Waals surface area contributed by atoms with Gasteiger partial charge in [-0.15, -0.1) is 0 Å². The number of aliphatic hydroxyl groups is 1. The van der Waals surface area contributed by atoms with E-state index in [0.717, 1.165) is 19.3 Å². The highest BCUT2D eigenvalue weighted by Gasteiger charge is 2.49. The van der Waals surface area contributed by atoms with Gasteiger partial charge in [-0.05, 0) is 24.3 Å². The quantitative estimate of drug-likeness (QED) is 0.797. The second-order valence-electron chi connectivity index (χ2n) is 4.88. The van der Waals surface area contributed by atoms with Gasteiger partial charge < -0.3 is 5.11 Å². The Kier molecular flexibility index (Phi) is 2.83. The van der Waals surface area contributed by atoms with Crippen LogP contribution in [0.15, 0.2) is 30.3 Å². The van der Waals surface area contributed by atoms with Gasteiger partial charge in [0, 0.05) is 5.92 Å². The van der Waals surface area contributed by atoms with Crippen molar-refractivity contribution in [1.29, 1.82) is 0 Å². The zero-order chi connectivity index (χ0) is 10.9. The molecule has 15 heavy (non-hydrogen) atoms. The summed E-state index contributed by atoms with van der Waals surface area (Å²) >= 11 is 0. The van der Waals surface area contributed by atoms with Crippen LogP contribution in [0.3, 0.4) is 0 Å². The lowest BCUT2D eigenvalue weighted by molar-refractivity contribution is 0.0926. The van der Waals surface area contributed by atoms with Crippen molar-refractivity contribution in [2.45, 2.75) is 44.6 Å². The maximum atomic E-state index is 10.3. The molecule has 0 spiro atoms. The topological polar surface area (TPSA) is 20.2 Å². The van der Waals surface area contributed by atoms with Gasteiger partial charge in [0.1, 0.15) is 0 Å². The zero-order valence-corrected chi connectivity index (χ0v) is 9.61. The molecule has 1 aliphatic carbocycles. The third-order valence-corrected chi connectivity index (χ3v) is 3.71. The predicted molar refractivity (Wildman–Crippen MR) is 62.8 cm³/mol. The lowest BCUT2D eigenvalue weighted by Crippen LogP contribution is -2.25. The molecule has 1 aromatic rings. The summed E-state index contributed by atoms with van der Waals surface area (Å²) in [5.41, 5.74) is 0.892. The molecular formula is C14H20O. The molecule has 2 rings (SSSR count). The van der Waals surface area contributed by atoms with E-state index in [2.05, 4.69) is 38.1 Å². The van der Waals surface area contributed by atoms with Gasteiger partial charge in [0.05, 0.1) is 5.60 Å². The second kappa shape index (κ2) is 3.97. The summed E-state index contributed by atoms with van der Waals surface area (Å²) in [6, 6.07) is 10.5. The summed E-state index contributed by atoms with van der Waals surface area (Å²) < 4.78 is 0. The van der Waals surface area contributed by atoms with Crippen LogP contribution < -0.4 is 0 Å². The Morgan fingerprint density at radius 2 is 1.87 bits per heavy atom. The van der Waals surface area contributed by atoms with Crippen LogP contribution in [0.4, 0.5) is 0 Å². The van der Waals surface area contributed by atoms with E-state index >= 15 is 0 Å². The predicted octanol–water partition coefficient (Wildman–Crippen LogP) is 3.34. The van der Waals surface area contributed by atoms with Crippen LogP contribution >= 0.6 is 0 Å². The molecule has 2 unspecified atom stereocenters. The van der Waals surface area contributed by atoms with Gasteiger partial charge in [0.15, 0.2) is 0 Å². The molecule has 0 aliphatic heterocycles. The Morgan fingerprint density at radius 3 is 2.33 bits per heavy atom. The summed E-state index contributed by atoms with van der Waals surface area (Å²) in [5, 5.41) is 10.3. The summed E-state index contributed by atoms with van der Waals surface area (Å²) in [6.07, 6.45) is 3.07. The molecule has 82 valence electrons. The molecule has 1 N–H and O–H groups in total. The lowest BCUT2D eigenvalue weighted by Gasteiger charge is -2.28. The van der Waals surface area contributed by atoms with Gasteiger partial charge in [-0.1, -0.05) is 50.6 Å². The van der Waals surface area contributed by atoms with E-state index in [4.69, 9.17) is 0 Å². The van der Waals surface area contributed by atoms with Crippen molar-refractivity contribution in [3.05, 3.63) is 35.9 Å². The van der Waals surface area contributed by atoms with E-state index in [1.807, 2.05) is 6.07 Å². The minimum absolute atomic E-state index is 0.323. The average Bonchev–Trinajstić information content (AvgIpc) is 2.98. The molecule has 0 amide bonds. The Hall–Kier alpha value is -0.820. The molecule has 0 aromatic heterocycles. The Balaban J connectivity index is 2.27. The van der Waals surface area contributed by atoms with Crippen molar-refractivity contribution in [2.75, 3.05) is 0 Å². The number of hydrogen-bond acceptors (Lipinski definition) is 1. The van der Waals surface area contributed by atoms with Crippen LogP contribution in [0.5, 0.6) is 0 Å². The van der Waals surface area contributed by atoms with Gasteiger partial charge in [0.2, 0.25) is 0 Å². The number of rotatable bonds is 4. The van der Waals surface area contributed by atoms with Crippen molar-refractivity contribution in [1.82, 2.24) is 0 Å². The molecule has 0 bridgehead atoms. The first-order chi connectivity index (χ1) is 7.17. The van der Waals surface area contributed by atoms with Gasteiger partial charge in [-0.25, -0.2) is 0 Å². The first-order valence-corrected chi connectivity index (χ1v) is 5.94. The van der Waals surface area contributed by atoms with Gasteiger partial charge in [0.25, 0.3) is 0 Å². The fourth-order valence-corrected chi connectivity index (χ4v) is 2.50. The summed E-state index contributed by atoms with van der Waals surface area (Å²) in [6.45, 7) is 4.44. The van der Waals surface area contributed by atoms with Gasteiger partial charge in [-0.2, -0.15) is 0 Å². The van der Waals surface area contributed by atoms with E-state index in [0.29, 0.717) is 11.8 Å². The van der Waals surface area contributed by atoms with Crippen LogP contribution in [0.1, 0.15) is 44.6 Å². The molecule has 1 aliphatic rings. The highest BCUT2D eigenvalue weighted by molar-refractivity contribution is 5.26. The maximum Gasteiger partial charge on any atom is 0.0720 e. The molecule has 0 saturated heterocycles. The van der Waals surface area contributed by atoms with E-state index in [1.54, 1.807) is 0 Å². The molecule has 1 fully saturated rings. The minimum atomic E-state index is -0.406. The SMILES string of the molecule is CCC(C)C(c1ccccc1)C1(O)CC1. The van der Waals surface area contributed by atoms with Crippen molar-refractivity contribution in [2.24, 2.45) is 5.92 Å². The Morgan fingerprint density at radius 1 is 1.27 bits per heavy atom. The van der Waals surface area contributed by atoms with Crippen LogP contribution in [0.25, 0.3) is 0 Å². The molecule has 0 heterocycles. The normalized spacial score (nSPS) is 22.1. The van der Waals surface area contributed by atoms with Crippen molar-refractivity contribution in [3.8, 4) is 0 Å². The van der Waals surface area contributed by atoms with Gasteiger partial charge in [-0.3, -0.25) is 0 Å². The zero-order valence-electron chi connectivity index (χ0n) is 9.61. The van der Waals surface area contributed by atoms with Crippen LogP contribution in [0, 0.1) is 5.92 Å². The van der Waals surface area contributed by atoms with E-state index < -0.39 is 5.60 Å². The summed E-state index contributed by atoms with van der Waals surface area (Å²) in [4.78, 5) is 0. The first-order valence-electron chi connectivity index (χ1n) is 5.94. The third-order valence-electron chi connectivity index (χ3n) is 3.71. The van der Waals surface area contributed by atoms with Crippen molar-refractivity contribution in [3.63, 3.8) is 0 Å². The molecule has 1 aromatic carbocycles.